The van der Waals surface area contributed by atoms with E-state index in [4.69, 9.17) is 8.83 Å². The molecular formula is C37H24N2O2. The number of nitrogens with zero attached hydrogens (tertiary/aromatic N) is 1. The molecule has 2 aliphatic heterocycles. The quantitative estimate of drug-likeness (QED) is 0.248. The van der Waals surface area contributed by atoms with Crippen LogP contribution in [0.5, 0.6) is 0 Å². The summed E-state index contributed by atoms with van der Waals surface area (Å²) < 4.78 is 12.9. The first-order valence-electron chi connectivity index (χ1n) is 13.9. The molecule has 0 amide bonds. The molecule has 1 N–H and O–H groups in total. The predicted octanol–water partition coefficient (Wildman–Crippen LogP) is 9.43. The Bertz CT molecular complexity index is 2240. The first-order valence-corrected chi connectivity index (χ1v) is 13.9. The van der Waals surface area contributed by atoms with Gasteiger partial charge < -0.3 is 19.1 Å². The van der Waals surface area contributed by atoms with Gasteiger partial charge in [-0.1, -0.05) is 84.9 Å². The Balaban J connectivity index is 1.16. The third-order valence-electron chi connectivity index (χ3n) is 8.26. The van der Waals surface area contributed by atoms with Crippen LogP contribution in [0.1, 0.15) is 5.56 Å². The van der Waals surface area contributed by atoms with Gasteiger partial charge in [-0.3, -0.25) is 0 Å². The van der Waals surface area contributed by atoms with Crippen molar-refractivity contribution in [1.29, 1.82) is 0 Å². The van der Waals surface area contributed by atoms with Gasteiger partial charge in [0.15, 0.2) is 0 Å². The van der Waals surface area contributed by atoms with E-state index in [-0.39, 0.29) is 6.17 Å². The van der Waals surface area contributed by atoms with Crippen LogP contribution in [0.15, 0.2) is 143 Å². The molecule has 7 aromatic rings. The first-order chi connectivity index (χ1) is 20.3. The zero-order chi connectivity index (χ0) is 26.9. The second-order valence-corrected chi connectivity index (χ2v) is 10.7. The highest BCUT2D eigenvalue weighted by Gasteiger charge is 2.22. The maximum Gasteiger partial charge on any atom is 0.147 e. The lowest BCUT2D eigenvalue weighted by Gasteiger charge is -2.20. The molecule has 2 aromatic heterocycles. The summed E-state index contributed by atoms with van der Waals surface area (Å²) in [5.41, 5.74) is 10.3. The van der Waals surface area contributed by atoms with Gasteiger partial charge in [0.25, 0.3) is 0 Å². The largest absolute Gasteiger partial charge is 0.455 e. The third-order valence-corrected chi connectivity index (χ3v) is 8.26. The van der Waals surface area contributed by atoms with Gasteiger partial charge in [0, 0.05) is 34.1 Å². The fraction of sp³-hybridized carbons (Fsp3) is 0.0270. The lowest BCUT2D eigenvalue weighted by molar-refractivity contribution is 0.427. The molecule has 0 spiro atoms. The van der Waals surface area contributed by atoms with Crippen LogP contribution in [0.3, 0.4) is 0 Å². The number of hydrogen-bond acceptors (Lipinski definition) is 4. The smallest absolute Gasteiger partial charge is 0.147 e. The van der Waals surface area contributed by atoms with Crippen molar-refractivity contribution in [2.75, 3.05) is 0 Å². The summed E-state index contributed by atoms with van der Waals surface area (Å²) in [5.74, 6) is 0. The Kier molecular flexibility index (Phi) is 4.64. The lowest BCUT2D eigenvalue weighted by atomic mass is 9.96. The summed E-state index contributed by atoms with van der Waals surface area (Å²) in [4.78, 5) is 2.19. The number of furan rings is 2. The minimum atomic E-state index is 0.178. The van der Waals surface area contributed by atoms with Crippen LogP contribution < -0.4 is 5.32 Å². The molecule has 0 saturated heterocycles. The van der Waals surface area contributed by atoms with Crippen molar-refractivity contribution in [2.24, 2.45) is 0 Å². The standard InChI is InChI=1S/C37H24N2O2/c1-3-12-32-27(10-1)30-21-29(36-35(37(30)40-32)28-11-2-4-13-33(28)41-36)24-17-15-23(16-18-24)25-8-7-9-26(20-25)31-22-39-19-6-5-14-34(39)38-31/h1-22,34,38H. The maximum atomic E-state index is 6.48. The fourth-order valence-electron chi connectivity index (χ4n) is 6.25. The topological polar surface area (TPSA) is 41.6 Å². The monoisotopic (exact) mass is 528 g/mol. The summed E-state index contributed by atoms with van der Waals surface area (Å²) in [7, 11) is 0. The Morgan fingerprint density at radius 3 is 2.17 bits per heavy atom. The van der Waals surface area contributed by atoms with E-state index in [1.54, 1.807) is 0 Å². The van der Waals surface area contributed by atoms with Crippen molar-refractivity contribution in [2.45, 2.75) is 6.17 Å². The van der Waals surface area contributed by atoms with E-state index in [2.05, 4.69) is 120 Å². The van der Waals surface area contributed by atoms with Crippen LogP contribution >= 0.6 is 0 Å². The zero-order valence-corrected chi connectivity index (χ0v) is 22.0. The van der Waals surface area contributed by atoms with E-state index in [0.29, 0.717) is 0 Å². The van der Waals surface area contributed by atoms with Crippen molar-refractivity contribution in [3.8, 4) is 22.3 Å². The highest BCUT2D eigenvalue weighted by atomic mass is 16.3. The van der Waals surface area contributed by atoms with Gasteiger partial charge in [-0.15, -0.1) is 0 Å². The molecule has 0 fully saturated rings. The Hall–Kier alpha value is -5.48. The molecule has 0 saturated carbocycles. The van der Waals surface area contributed by atoms with Crippen LogP contribution in [0, 0.1) is 0 Å². The van der Waals surface area contributed by atoms with E-state index in [0.717, 1.165) is 60.7 Å². The average molecular weight is 529 g/mol. The summed E-state index contributed by atoms with van der Waals surface area (Å²) in [6, 6.07) is 36.2. The fourth-order valence-corrected chi connectivity index (χ4v) is 6.25. The molecule has 2 aliphatic rings. The van der Waals surface area contributed by atoms with E-state index >= 15 is 0 Å². The minimum absolute atomic E-state index is 0.178. The van der Waals surface area contributed by atoms with Crippen molar-refractivity contribution in [3.05, 3.63) is 139 Å². The second kappa shape index (κ2) is 8.51. The van der Waals surface area contributed by atoms with Gasteiger partial charge in [-0.05, 0) is 58.7 Å². The minimum Gasteiger partial charge on any atom is -0.455 e. The van der Waals surface area contributed by atoms with Gasteiger partial charge in [0.1, 0.15) is 28.5 Å². The highest BCUT2D eigenvalue weighted by molar-refractivity contribution is 6.25. The molecule has 9 rings (SSSR count). The van der Waals surface area contributed by atoms with Crippen molar-refractivity contribution >= 4 is 49.6 Å². The van der Waals surface area contributed by atoms with Gasteiger partial charge in [0.05, 0.1) is 11.1 Å². The predicted molar refractivity (Wildman–Crippen MR) is 167 cm³/mol. The SMILES string of the molecule is C1=CC2NC(c3cccc(-c4ccc(-c5cc6c7ccccc7oc6c6c5oc5ccccc56)cc4)c3)=CN2C=C1. The molecular weight excluding hydrogens is 504 g/mol. The van der Waals surface area contributed by atoms with Crippen LogP contribution in [-0.2, 0) is 0 Å². The Labute approximate surface area is 236 Å². The van der Waals surface area contributed by atoms with E-state index in [9.17, 15) is 0 Å². The third kappa shape index (κ3) is 3.41. The van der Waals surface area contributed by atoms with Gasteiger partial charge >= 0.3 is 0 Å². The Morgan fingerprint density at radius 2 is 1.32 bits per heavy atom. The van der Waals surface area contributed by atoms with E-state index in [1.165, 1.54) is 16.7 Å². The summed E-state index contributed by atoms with van der Waals surface area (Å²) in [6.07, 6.45) is 10.7. The zero-order valence-electron chi connectivity index (χ0n) is 22.0. The molecule has 41 heavy (non-hydrogen) atoms. The molecule has 0 radical (unpaired) electrons. The summed E-state index contributed by atoms with van der Waals surface area (Å²) in [6.45, 7) is 0. The van der Waals surface area contributed by atoms with Crippen LogP contribution in [0.2, 0.25) is 0 Å². The van der Waals surface area contributed by atoms with Crippen LogP contribution in [0.25, 0.3) is 71.8 Å². The van der Waals surface area contributed by atoms with Gasteiger partial charge in [-0.2, -0.15) is 0 Å². The molecule has 1 unspecified atom stereocenters. The Morgan fingerprint density at radius 1 is 0.585 bits per heavy atom. The number of para-hydroxylation sites is 2. The molecule has 0 aliphatic carbocycles. The van der Waals surface area contributed by atoms with Crippen molar-refractivity contribution in [1.82, 2.24) is 10.2 Å². The normalized spacial score (nSPS) is 16.1. The number of rotatable bonds is 3. The number of fused-ring (bicyclic) bond motifs is 8. The summed E-state index contributed by atoms with van der Waals surface area (Å²) >= 11 is 0. The molecule has 4 heterocycles. The van der Waals surface area contributed by atoms with Gasteiger partial charge in [0.2, 0.25) is 0 Å². The number of benzene rings is 5. The summed E-state index contributed by atoms with van der Waals surface area (Å²) in [5, 5.41) is 7.91. The number of nitrogens with one attached hydrogen (secondary N) is 1. The first kappa shape index (κ1) is 22.3. The lowest BCUT2D eigenvalue weighted by Crippen LogP contribution is -2.31. The van der Waals surface area contributed by atoms with E-state index < -0.39 is 0 Å². The molecule has 1 atom stereocenters. The molecule has 5 aromatic carbocycles. The molecule has 194 valence electrons. The number of allylic oxidation sites excluding steroid dienone is 2. The van der Waals surface area contributed by atoms with Crippen LogP contribution in [0.4, 0.5) is 0 Å². The maximum absolute atomic E-state index is 6.48. The second-order valence-electron chi connectivity index (χ2n) is 10.7. The highest BCUT2D eigenvalue weighted by Crippen LogP contribution is 2.44. The van der Waals surface area contributed by atoms with Gasteiger partial charge in [-0.25, -0.2) is 0 Å². The molecule has 4 heteroatoms. The van der Waals surface area contributed by atoms with E-state index in [1.807, 2.05) is 24.3 Å². The van der Waals surface area contributed by atoms with Crippen LogP contribution in [-0.4, -0.2) is 11.1 Å². The molecule has 4 nitrogen and oxygen atoms in total. The van der Waals surface area contributed by atoms with Crippen molar-refractivity contribution < 1.29 is 8.83 Å². The molecule has 0 bridgehead atoms. The number of hydrogen-bond donors (Lipinski definition) is 1. The average Bonchev–Trinajstić information content (AvgIpc) is 3.74. The van der Waals surface area contributed by atoms with Crippen molar-refractivity contribution in [3.63, 3.8) is 0 Å².